The number of fused-ring (bicyclic) bond motifs is 2. The van der Waals surface area contributed by atoms with E-state index >= 15 is 0 Å². The van der Waals surface area contributed by atoms with E-state index in [4.69, 9.17) is 9.47 Å². The van der Waals surface area contributed by atoms with Crippen molar-refractivity contribution in [3.05, 3.63) is 35.9 Å². The van der Waals surface area contributed by atoms with Gasteiger partial charge < -0.3 is 14.4 Å². The highest BCUT2D eigenvalue weighted by atomic mass is 16.6. The molecule has 2 heterocycles. The molecule has 0 unspecified atom stereocenters. The number of amides is 1. The summed E-state index contributed by atoms with van der Waals surface area (Å²) in [6.07, 6.45) is 2.21. The summed E-state index contributed by atoms with van der Waals surface area (Å²) in [5, 5.41) is 0. The van der Waals surface area contributed by atoms with Crippen molar-refractivity contribution in [2.75, 3.05) is 6.61 Å². The Morgan fingerprint density at radius 3 is 2.64 bits per heavy atom. The van der Waals surface area contributed by atoms with Gasteiger partial charge in [-0.2, -0.15) is 0 Å². The topological polar surface area (TPSA) is 55.8 Å². The second kappa shape index (κ2) is 6.38. The zero-order chi connectivity index (χ0) is 15.5. The van der Waals surface area contributed by atoms with Gasteiger partial charge in [-0.3, -0.25) is 4.79 Å². The van der Waals surface area contributed by atoms with Crippen LogP contribution >= 0.6 is 0 Å². The minimum Gasteiger partial charge on any atom is -0.466 e. The molecule has 1 aliphatic carbocycles. The highest BCUT2D eigenvalue weighted by molar-refractivity contribution is 5.77. The lowest BCUT2D eigenvalue weighted by molar-refractivity contribution is -0.158. The van der Waals surface area contributed by atoms with Crippen LogP contribution in [-0.2, 0) is 20.9 Å². The molecule has 2 saturated heterocycles. The van der Waals surface area contributed by atoms with E-state index < -0.39 is 0 Å². The van der Waals surface area contributed by atoms with Gasteiger partial charge in [-0.05, 0) is 31.7 Å². The first-order valence-electron chi connectivity index (χ1n) is 7.86. The molecule has 3 fully saturated rings. The van der Waals surface area contributed by atoms with Gasteiger partial charge >= 0.3 is 12.1 Å². The molecule has 5 heteroatoms. The number of piperidine rings is 1. The largest absolute Gasteiger partial charge is 0.466 e. The van der Waals surface area contributed by atoms with E-state index in [2.05, 4.69) is 0 Å². The van der Waals surface area contributed by atoms with E-state index in [-0.39, 0.29) is 36.7 Å². The van der Waals surface area contributed by atoms with Crippen molar-refractivity contribution in [1.29, 1.82) is 0 Å². The second-order valence-electron chi connectivity index (χ2n) is 5.84. The Kier molecular flexibility index (Phi) is 4.32. The number of nitrogens with zero attached hydrogens (tertiary/aromatic N) is 1. The Hall–Kier alpha value is -2.04. The van der Waals surface area contributed by atoms with E-state index in [1.807, 2.05) is 30.3 Å². The molecule has 2 bridgehead atoms. The van der Waals surface area contributed by atoms with Crippen LogP contribution in [0.5, 0.6) is 0 Å². The second-order valence-corrected chi connectivity index (χ2v) is 5.84. The zero-order valence-corrected chi connectivity index (χ0v) is 12.7. The molecule has 5 nitrogen and oxygen atoms in total. The predicted octanol–water partition coefficient (Wildman–Crippen LogP) is 2.74. The van der Waals surface area contributed by atoms with Crippen molar-refractivity contribution in [2.45, 2.75) is 44.9 Å². The molecule has 118 valence electrons. The van der Waals surface area contributed by atoms with E-state index in [9.17, 15) is 9.59 Å². The average molecular weight is 303 g/mol. The summed E-state index contributed by atoms with van der Waals surface area (Å²) in [6.45, 7) is 2.44. The van der Waals surface area contributed by atoms with Crippen molar-refractivity contribution >= 4 is 12.1 Å². The molecule has 3 aliphatic rings. The monoisotopic (exact) mass is 303 g/mol. The van der Waals surface area contributed by atoms with Crippen LogP contribution in [0.1, 0.15) is 31.7 Å². The Bertz CT molecular complexity index is 543. The van der Waals surface area contributed by atoms with Gasteiger partial charge in [0.05, 0.1) is 18.6 Å². The SMILES string of the molecule is CCOC(=O)[C@H]1CC[C@@H]2C[C@H]1N2C(=O)OCc1ccccc1. The van der Waals surface area contributed by atoms with Crippen molar-refractivity contribution in [3.63, 3.8) is 0 Å². The lowest BCUT2D eigenvalue weighted by atomic mass is 9.73. The number of carbonyl (C=O) groups excluding carboxylic acids is 2. The molecule has 1 saturated carbocycles. The molecule has 22 heavy (non-hydrogen) atoms. The first-order chi connectivity index (χ1) is 10.7. The number of benzene rings is 1. The van der Waals surface area contributed by atoms with Gasteiger partial charge in [-0.1, -0.05) is 30.3 Å². The number of hydrogen-bond acceptors (Lipinski definition) is 4. The molecule has 3 atom stereocenters. The summed E-state index contributed by atoms with van der Waals surface area (Å²) in [6, 6.07) is 9.77. The van der Waals surface area contributed by atoms with Crippen molar-refractivity contribution in [3.8, 4) is 0 Å². The van der Waals surface area contributed by atoms with E-state index in [0.717, 1.165) is 24.8 Å². The number of carbonyl (C=O) groups is 2. The summed E-state index contributed by atoms with van der Waals surface area (Å²) in [5.74, 6) is -0.388. The Morgan fingerprint density at radius 1 is 1.18 bits per heavy atom. The average Bonchev–Trinajstić information content (AvgIpc) is 2.54. The van der Waals surface area contributed by atoms with Crippen LogP contribution in [0.15, 0.2) is 30.3 Å². The van der Waals surface area contributed by atoms with Crippen LogP contribution in [0.4, 0.5) is 4.79 Å². The fourth-order valence-electron chi connectivity index (χ4n) is 3.42. The molecule has 1 amide bonds. The number of ether oxygens (including phenoxy) is 2. The summed E-state index contributed by atoms with van der Waals surface area (Å²) in [7, 11) is 0. The molecule has 1 aromatic rings. The highest BCUT2D eigenvalue weighted by Gasteiger charge is 2.52. The van der Waals surface area contributed by atoms with Gasteiger partial charge in [0.25, 0.3) is 0 Å². The molecule has 0 spiro atoms. The van der Waals surface area contributed by atoms with Crippen LogP contribution in [0.2, 0.25) is 0 Å². The molecular formula is C17H21NO4. The standard InChI is InChI=1S/C17H21NO4/c1-2-21-16(19)14-9-8-13-10-15(14)18(13)17(20)22-11-12-6-4-3-5-7-12/h3-7,13-15H,2,8-11H2,1H3/t13-,14+,15-/m1/s1. The molecule has 0 radical (unpaired) electrons. The molecule has 1 aromatic carbocycles. The van der Waals surface area contributed by atoms with Gasteiger partial charge in [0, 0.05) is 6.04 Å². The van der Waals surface area contributed by atoms with Crippen molar-refractivity contribution < 1.29 is 19.1 Å². The number of rotatable bonds is 4. The Balaban J connectivity index is 1.58. The van der Waals surface area contributed by atoms with Crippen LogP contribution in [0.3, 0.4) is 0 Å². The van der Waals surface area contributed by atoms with E-state index in [1.54, 1.807) is 11.8 Å². The van der Waals surface area contributed by atoms with Crippen LogP contribution in [0, 0.1) is 5.92 Å². The van der Waals surface area contributed by atoms with Gasteiger partial charge in [0.15, 0.2) is 0 Å². The van der Waals surface area contributed by atoms with E-state index in [0.29, 0.717) is 6.61 Å². The number of hydrogen-bond donors (Lipinski definition) is 0. The molecule has 0 aromatic heterocycles. The van der Waals surface area contributed by atoms with Gasteiger partial charge in [0.2, 0.25) is 0 Å². The predicted molar refractivity (Wildman–Crippen MR) is 80.0 cm³/mol. The Morgan fingerprint density at radius 2 is 1.95 bits per heavy atom. The smallest absolute Gasteiger partial charge is 0.410 e. The third-order valence-electron chi connectivity index (χ3n) is 4.54. The fourth-order valence-corrected chi connectivity index (χ4v) is 3.42. The summed E-state index contributed by atoms with van der Waals surface area (Å²) in [5.41, 5.74) is 0.962. The molecular weight excluding hydrogens is 282 g/mol. The lowest BCUT2D eigenvalue weighted by Gasteiger charge is -2.54. The third-order valence-corrected chi connectivity index (χ3v) is 4.54. The molecule has 0 N–H and O–H groups in total. The first kappa shape index (κ1) is 14.9. The zero-order valence-electron chi connectivity index (χ0n) is 12.7. The normalized spacial score (nSPS) is 26.0. The highest BCUT2D eigenvalue weighted by Crippen LogP contribution is 2.42. The minimum absolute atomic E-state index is 0.0546. The Labute approximate surface area is 130 Å². The maximum atomic E-state index is 12.3. The van der Waals surface area contributed by atoms with Crippen LogP contribution < -0.4 is 0 Å². The quantitative estimate of drug-likeness (QED) is 0.803. The minimum atomic E-state index is -0.320. The summed E-state index contributed by atoms with van der Waals surface area (Å²) in [4.78, 5) is 26.0. The van der Waals surface area contributed by atoms with Crippen LogP contribution in [-0.4, -0.2) is 35.7 Å². The maximum absolute atomic E-state index is 12.3. The molecule has 2 aliphatic heterocycles. The lowest BCUT2D eigenvalue weighted by Crippen LogP contribution is -2.65. The van der Waals surface area contributed by atoms with E-state index in [1.165, 1.54) is 0 Å². The van der Waals surface area contributed by atoms with Gasteiger partial charge in [-0.25, -0.2) is 4.79 Å². The third kappa shape index (κ3) is 2.80. The maximum Gasteiger partial charge on any atom is 0.410 e. The number of esters is 1. The van der Waals surface area contributed by atoms with Crippen LogP contribution in [0.25, 0.3) is 0 Å². The summed E-state index contributed by atoms with van der Waals surface area (Å²) < 4.78 is 10.5. The first-order valence-corrected chi connectivity index (χ1v) is 7.86. The van der Waals surface area contributed by atoms with Crippen molar-refractivity contribution in [2.24, 2.45) is 5.92 Å². The molecule has 4 rings (SSSR count). The fraction of sp³-hybridized carbons (Fsp3) is 0.529. The van der Waals surface area contributed by atoms with Crippen molar-refractivity contribution in [1.82, 2.24) is 4.90 Å². The van der Waals surface area contributed by atoms with Gasteiger partial charge in [0.1, 0.15) is 6.61 Å². The summed E-state index contributed by atoms with van der Waals surface area (Å²) >= 11 is 0. The van der Waals surface area contributed by atoms with Gasteiger partial charge in [-0.15, -0.1) is 0 Å².